The quantitative estimate of drug-likeness (QED) is 0.784. The molecule has 1 atom stereocenters. The maximum Gasteiger partial charge on any atom is 0.225 e. The van der Waals surface area contributed by atoms with Crippen LogP contribution in [-0.4, -0.2) is 42.3 Å². The Kier molecular flexibility index (Phi) is 5.90. The van der Waals surface area contributed by atoms with Crippen molar-refractivity contribution in [3.8, 4) is 5.75 Å². The summed E-state index contributed by atoms with van der Waals surface area (Å²) in [7, 11) is 0. The number of halogens is 1. The van der Waals surface area contributed by atoms with Gasteiger partial charge in [-0.15, -0.1) is 0 Å². The number of hydrogen-bond donors (Lipinski definition) is 1. The van der Waals surface area contributed by atoms with E-state index >= 15 is 0 Å². The Morgan fingerprint density at radius 3 is 2.71 bits per heavy atom. The van der Waals surface area contributed by atoms with Gasteiger partial charge >= 0.3 is 0 Å². The summed E-state index contributed by atoms with van der Waals surface area (Å²) < 4.78 is 21.0. The fourth-order valence-corrected chi connectivity index (χ4v) is 5.08. The molecule has 6 heteroatoms. The molecule has 1 fully saturated rings. The summed E-state index contributed by atoms with van der Waals surface area (Å²) in [6, 6.07) is 3.80. The fraction of sp³-hybridized carbons (Fsp3) is 0.520. The van der Waals surface area contributed by atoms with Crippen molar-refractivity contribution < 1.29 is 9.13 Å². The molecule has 2 aromatic rings. The van der Waals surface area contributed by atoms with Crippen molar-refractivity contribution >= 4 is 11.5 Å². The number of anilines is 1. The van der Waals surface area contributed by atoms with E-state index in [0.717, 1.165) is 81.8 Å². The number of nitrogens with zero attached hydrogens (tertiary/aromatic N) is 3. The highest BCUT2D eigenvalue weighted by atomic mass is 19.1. The summed E-state index contributed by atoms with van der Waals surface area (Å²) >= 11 is 0. The van der Waals surface area contributed by atoms with Crippen molar-refractivity contribution in [1.29, 1.82) is 0 Å². The van der Waals surface area contributed by atoms with Crippen LogP contribution in [-0.2, 0) is 12.8 Å². The molecule has 164 valence electrons. The second-order valence-corrected chi connectivity index (χ2v) is 8.96. The average molecular weight is 423 g/mol. The average Bonchev–Trinajstić information content (AvgIpc) is 3.26. The van der Waals surface area contributed by atoms with Gasteiger partial charge in [0.15, 0.2) is 11.6 Å². The molecule has 1 unspecified atom stereocenters. The van der Waals surface area contributed by atoms with Crippen LogP contribution in [0.5, 0.6) is 5.75 Å². The molecular weight excluding hydrogens is 391 g/mol. The van der Waals surface area contributed by atoms with Gasteiger partial charge < -0.3 is 15.0 Å². The number of aryl methyl sites for hydroxylation is 1. The predicted octanol–water partition coefficient (Wildman–Crippen LogP) is 4.17. The Labute approximate surface area is 183 Å². The molecular formula is C25H31FN4O. The van der Waals surface area contributed by atoms with Crippen LogP contribution in [0, 0.1) is 11.7 Å². The summed E-state index contributed by atoms with van der Waals surface area (Å²) in [5, 5.41) is 3.32. The zero-order valence-corrected chi connectivity index (χ0v) is 18.2. The van der Waals surface area contributed by atoms with Gasteiger partial charge in [0.1, 0.15) is 6.10 Å². The smallest absolute Gasteiger partial charge is 0.225 e. The van der Waals surface area contributed by atoms with E-state index in [4.69, 9.17) is 4.74 Å². The van der Waals surface area contributed by atoms with Crippen molar-refractivity contribution in [2.24, 2.45) is 5.92 Å². The van der Waals surface area contributed by atoms with Crippen molar-refractivity contribution in [3.63, 3.8) is 0 Å². The number of nitrogens with one attached hydrogen (secondary N) is 1. The number of piperidine rings is 1. The lowest BCUT2D eigenvalue weighted by atomic mass is 9.88. The largest absolute Gasteiger partial charge is 0.486 e. The minimum atomic E-state index is -0.215. The Morgan fingerprint density at radius 2 is 2.00 bits per heavy atom. The highest BCUT2D eigenvalue weighted by Crippen LogP contribution is 2.39. The normalized spacial score (nSPS) is 21.5. The second kappa shape index (κ2) is 8.95. The summed E-state index contributed by atoms with van der Waals surface area (Å²) in [5.41, 5.74) is 4.47. The molecule has 1 aromatic carbocycles. The zero-order valence-electron chi connectivity index (χ0n) is 18.2. The SMILES string of the molecule is CCCc1cnc(N2CCC(C3Cc4cc(C5=CCNCC5)cc(F)c4O3)CC2)nc1. The number of aromatic nitrogens is 2. The molecule has 4 heterocycles. The van der Waals surface area contributed by atoms with E-state index < -0.39 is 0 Å². The number of benzene rings is 1. The Balaban J connectivity index is 1.22. The van der Waals surface area contributed by atoms with Crippen LogP contribution in [0.1, 0.15) is 49.3 Å². The molecule has 3 aliphatic heterocycles. The van der Waals surface area contributed by atoms with E-state index in [1.54, 1.807) is 6.07 Å². The molecule has 0 amide bonds. The molecule has 31 heavy (non-hydrogen) atoms. The number of rotatable bonds is 5. The van der Waals surface area contributed by atoms with Crippen molar-refractivity contribution in [2.45, 2.75) is 51.6 Å². The molecule has 1 saturated heterocycles. The number of hydrogen-bond acceptors (Lipinski definition) is 5. The molecule has 5 rings (SSSR count). The van der Waals surface area contributed by atoms with Gasteiger partial charge in [-0.1, -0.05) is 19.4 Å². The minimum Gasteiger partial charge on any atom is -0.486 e. The Bertz CT molecular complexity index is 951. The molecule has 0 saturated carbocycles. The topological polar surface area (TPSA) is 50.3 Å². The molecule has 1 N–H and O–H groups in total. The number of ether oxygens (including phenoxy) is 1. The van der Waals surface area contributed by atoms with E-state index in [1.807, 2.05) is 12.4 Å². The predicted molar refractivity (Wildman–Crippen MR) is 121 cm³/mol. The fourth-order valence-electron chi connectivity index (χ4n) is 5.08. The molecule has 0 spiro atoms. The third kappa shape index (κ3) is 4.31. The van der Waals surface area contributed by atoms with Crippen LogP contribution in [0.3, 0.4) is 0 Å². The van der Waals surface area contributed by atoms with Crippen LogP contribution < -0.4 is 15.0 Å². The van der Waals surface area contributed by atoms with Crippen LogP contribution in [0.25, 0.3) is 5.57 Å². The molecule has 0 aliphatic carbocycles. The van der Waals surface area contributed by atoms with Crippen molar-refractivity contribution in [2.75, 3.05) is 31.1 Å². The highest BCUT2D eigenvalue weighted by Gasteiger charge is 2.35. The first-order chi connectivity index (χ1) is 15.2. The van der Waals surface area contributed by atoms with Gasteiger partial charge in [-0.2, -0.15) is 0 Å². The third-order valence-corrected chi connectivity index (χ3v) is 6.82. The lowest BCUT2D eigenvalue weighted by molar-refractivity contribution is 0.134. The van der Waals surface area contributed by atoms with Gasteiger partial charge in [-0.25, -0.2) is 14.4 Å². The lowest BCUT2D eigenvalue weighted by Crippen LogP contribution is -2.40. The maximum absolute atomic E-state index is 14.8. The first kappa shape index (κ1) is 20.4. The lowest BCUT2D eigenvalue weighted by Gasteiger charge is -2.34. The first-order valence-corrected chi connectivity index (χ1v) is 11.7. The van der Waals surface area contributed by atoms with Gasteiger partial charge in [0, 0.05) is 44.0 Å². The van der Waals surface area contributed by atoms with Gasteiger partial charge in [0.2, 0.25) is 5.95 Å². The van der Waals surface area contributed by atoms with Gasteiger partial charge in [-0.3, -0.25) is 0 Å². The summed E-state index contributed by atoms with van der Waals surface area (Å²) in [4.78, 5) is 11.4. The van der Waals surface area contributed by atoms with E-state index in [0.29, 0.717) is 11.7 Å². The van der Waals surface area contributed by atoms with E-state index in [9.17, 15) is 4.39 Å². The second-order valence-electron chi connectivity index (χ2n) is 8.96. The molecule has 1 aromatic heterocycles. The summed E-state index contributed by atoms with van der Waals surface area (Å²) in [6.07, 6.45) is 12.1. The standard InChI is InChI=1S/C25H31FN4O/c1-2-3-17-15-28-25(29-16-17)30-10-6-19(7-11-30)23-14-21-12-20(13-22(26)24(21)31-23)18-4-8-27-9-5-18/h4,12-13,15-16,19,23,27H,2-3,5-11,14H2,1H3. The summed E-state index contributed by atoms with van der Waals surface area (Å²) in [5.74, 6) is 1.51. The monoisotopic (exact) mass is 422 g/mol. The van der Waals surface area contributed by atoms with Crippen LogP contribution >= 0.6 is 0 Å². The summed E-state index contributed by atoms with van der Waals surface area (Å²) in [6.45, 7) is 5.81. The zero-order chi connectivity index (χ0) is 21.2. The third-order valence-electron chi connectivity index (χ3n) is 6.82. The highest BCUT2D eigenvalue weighted by molar-refractivity contribution is 5.68. The van der Waals surface area contributed by atoms with Gasteiger partial charge in [0.25, 0.3) is 0 Å². The molecule has 3 aliphatic rings. The minimum absolute atomic E-state index is 0.0664. The Morgan fingerprint density at radius 1 is 1.19 bits per heavy atom. The van der Waals surface area contributed by atoms with E-state index in [1.165, 1.54) is 11.1 Å². The van der Waals surface area contributed by atoms with Crippen LogP contribution in [0.15, 0.2) is 30.6 Å². The molecule has 0 radical (unpaired) electrons. The van der Waals surface area contributed by atoms with E-state index in [2.05, 4.69) is 39.3 Å². The molecule has 5 nitrogen and oxygen atoms in total. The van der Waals surface area contributed by atoms with Gasteiger partial charge in [-0.05, 0) is 67.0 Å². The van der Waals surface area contributed by atoms with Crippen LogP contribution in [0.2, 0.25) is 0 Å². The van der Waals surface area contributed by atoms with Crippen molar-refractivity contribution in [3.05, 3.63) is 53.1 Å². The number of fused-ring (bicyclic) bond motifs is 1. The Hall–Kier alpha value is -2.47. The molecule has 0 bridgehead atoms. The van der Waals surface area contributed by atoms with Crippen molar-refractivity contribution in [1.82, 2.24) is 15.3 Å². The van der Waals surface area contributed by atoms with Gasteiger partial charge in [0.05, 0.1) is 0 Å². The van der Waals surface area contributed by atoms with Crippen LogP contribution in [0.4, 0.5) is 10.3 Å². The first-order valence-electron chi connectivity index (χ1n) is 11.7. The maximum atomic E-state index is 14.8. The van der Waals surface area contributed by atoms with E-state index in [-0.39, 0.29) is 11.9 Å².